The van der Waals surface area contributed by atoms with Crippen LogP contribution in [-0.2, 0) is 4.79 Å². The van der Waals surface area contributed by atoms with Gasteiger partial charge in [0.25, 0.3) is 0 Å². The summed E-state index contributed by atoms with van der Waals surface area (Å²) in [5.41, 5.74) is -0.666. The van der Waals surface area contributed by atoms with Crippen LogP contribution in [0.1, 0.15) is 75.7 Å². The first-order valence-corrected chi connectivity index (χ1v) is 8.59. The maximum absolute atomic E-state index is 13.2. The fraction of sp³-hybridized carbons (Fsp3) is 0.895. The summed E-state index contributed by atoms with van der Waals surface area (Å²) >= 11 is 0. The molecule has 0 rings (SSSR count). The van der Waals surface area contributed by atoms with Crippen molar-refractivity contribution in [3.63, 3.8) is 0 Å². The average molecular weight is 326 g/mol. The summed E-state index contributed by atoms with van der Waals surface area (Å²) in [6, 6.07) is -0.0103. The van der Waals surface area contributed by atoms with Gasteiger partial charge in [0.2, 0.25) is 0 Å². The summed E-state index contributed by atoms with van der Waals surface area (Å²) in [5.74, 6) is 0.745. The molecule has 0 radical (unpaired) electrons. The van der Waals surface area contributed by atoms with Gasteiger partial charge in [-0.05, 0) is 53.5 Å². The van der Waals surface area contributed by atoms with Gasteiger partial charge in [-0.1, -0.05) is 34.6 Å². The number of carbonyl (C=O) groups excluding carboxylic acids is 1. The molecule has 0 aromatic rings. The van der Waals surface area contributed by atoms with Crippen LogP contribution in [0.4, 0.5) is 0 Å². The van der Waals surface area contributed by atoms with Crippen LogP contribution in [0.3, 0.4) is 0 Å². The zero-order valence-corrected chi connectivity index (χ0v) is 17.2. The Morgan fingerprint density at radius 2 is 1.52 bits per heavy atom. The molecule has 2 N–H and O–H groups in total. The van der Waals surface area contributed by atoms with Crippen molar-refractivity contribution in [1.82, 2.24) is 10.2 Å². The molecule has 0 bridgehead atoms. The minimum absolute atomic E-state index is 0.0863. The number of rotatable bonds is 6. The van der Waals surface area contributed by atoms with Crippen molar-refractivity contribution in [2.24, 2.45) is 10.8 Å². The second-order valence-electron chi connectivity index (χ2n) is 9.66. The third kappa shape index (κ3) is 6.62. The minimum atomic E-state index is -0.379. The first-order valence-electron chi connectivity index (χ1n) is 8.59. The van der Waals surface area contributed by atoms with Crippen LogP contribution in [0, 0.1) is 16.2 Å². The lowest BCUT2D eigenvalue weighted by Gasteiger charge is -2.48. The standard InChI is InChI=1S/C19H39N3O/c1-13(21-14(2)20)12-19(9,10)15(16(23)17(3,4)5)22(11)18(6,7)8/h13,15H,12H2,1-11H3,(H2,20,21). The highest BCUT2D eigenvalue weighted by atomic mass is 16.1. The van der Waals surface area contributed by atoms with E-state index in [9.17, 15) is 4.79 Å². The number of hydrogen-bond donors (Lipinski definition) is 2. The van der Waals surface area contributed by atoms with Crippen molar-refractivity contribution in [1.29, 1.82) is 5.41 Å². The fourth-order valence-electron chi connectivity index (χ4n) is 3.17. The molecule has 0 aliphatic rings. The van der Waals surface area contributed by atoms with Crippen LogP contribution in [0.5, 0.6) is 0 Å². The molecule has 0 aromatic carbocycles. The van der Waals surface area contributed by atoms with E-state index in [-0.39, 0.29) is 34.2 Å². The van der Waals surface area contributed by atoms with Crippen molar-refractivity contribution < 1.29 is 4.79 Å². The third-order valence-electron chi connectivity index (χ3n) is 4.47. The van der Waals surface area contributed by atoms with Crippen LogP contribution < -0.4 is 5.32 Å². The minimum Gasteiger partial charge on any atom is -0.372 e. The SMILES string of the molecule is CC(=N)NC(C)CC(C)(C)C(C(=O)C(C)(C)C)N(C)C(C)(C)C. The first-order chi connectivity index (χ1) is 10.00. The molecule has 0 spiro atoms. The molecule has 0 aliphatic carbocycles. The van der Waals surface area contributed by atoms with Gasteiger partial charge in [-0.2, -0.15) is 0 Å². The van der Waals surface area contributed by atoms with Gasteiger partial charge in [-0.25, -0.2) is 0 Å². The number of nitrogens with one attached hydrogen (secondary N) is 2. The number of likely N-dealkylation sites (N-methyl/N-ethyl adjacent to an activating group) is 1. The Labute approximate surface area is 143 Å². The molecular weight excluding hydrogens is 286 g/mol. The van der Waals surface area contributed by atoms with Crippen LogP contribution in [0.2, 0.25) is 0 Å². The third-order valence-corrected chi connectivity index (χ3v) is 4.47. The van der Waals surface area contributed by atoms with E-state index in [1.165, 1.54) is 0 Å². The largest absolute Gasteiger partial charge is 0.372 e. The number of ketones is 1. The van der Waals surface area contributed by atoms with Crippen LogP contribution in [0.15, 0.2) is 0 Å². The summed E-state index contributed by atoms with van der Waals surface area (Å²) < 4.78 is 0. The van der Waals surface area contributed by atoms with Gasteiger partial charge >= 0.3 is 0 Å². The van der Waals surface area contributed by atoms with E-state index in [1.54, 1.807) is 6.92 Å². The highest BCUT2D eigenvalue weighted by Crippen LogP contribution is 2.37. The predicted molar refractivity (Wildman–Crippen MR) is 100 cm³/mol. The smallest absolute Gasteiger partial charge is 0.155 e. The Morgan fingerprint density at radius 3 is 1.83 bits per heavy atom. The lowest BCUT2D eigenvalue weighted by molar-refractivity contribution is -0.139. The number of nitrogens with zero attached hydrogens (tertiary/aromatic N) is 1. The van der Waals surface area contributed by atoms with Gasteiger partial charge < -0.3 is 5.32 Å². The van der Waals surface area contributed by atoms with Crippen molar-refractivity contribution in [2.75, 3.05) is 7.05 Å². The zero-order chi connectivity index (χ0) is 18.8. The Morgan fingerprint density at radius 1 is 1.09 bits per heavy atom. The number of amidine groups is 1. The molecule has 0 heterocycles. The first kappa shape index (κ1) is 22.1. The molecule has 0 amide bonds. The van der Waals surface area contributed by atoms with Gasteiger partial charge in [0, 0.05) is 17.0 Å². The molecule has 136 valence electrons. The summed E-state index contributed by atoms with van der Waals surface area (Å²) in [5, 5.41) is 10.8. The molecular formula is C19H39N3O. The van der Waals surface area contributed by atoms with Gasteiger partial charge in [-0.15, -0.1) is 0 Å². The monoisotopic (exact) mass is 325 g/mol. The van der Waals surface area contributed by atoms with E-state index >= 15 is 0 Å². The van der Waals surface area contributed by atoms with Gasteiger partial charge in [0.1, 0.15) is 0 Å². The van der Waals surface area contributed by atoms with E-state index < -0.39 is 0 Å². The summed E-state index contributed by atoms with van der Waals surface area (Å²) in [6.07, 6.45) is 0.829. The van der Waals surface area contributed by atoms with Crippen molar-refractivity contribution >= 4 is 11.6 Å². The Bertz CT molecular complexity index is 427. The lowest BCUT2D eigenvalue weighted by Crippen LogP contribution is -2.59. The molecule has 0 saturated carbocycles. The van der Waals surface area contributed by atoms with Gasteiger partial charge in [0.05, 0.1) is 11.9 Å². The average Bonchev–Trinajstić information content (AvgIpc) is 2.23. The molecule has 0 fully saturated rings. The molecule has 0 saturated heterocycles. The van der Waals surface area contributed by atoms with Gasteiger partial charge in [0.15, 0.2) is 5.78 Å². The Kier molecular flexibility index (Phi) is 7.04. The molecule has 2 unspecified atom stereocenters. The maximum atomic E-state index is 13.2. The lowest BCUT2D eigenvalue weighted by atomic mass is 9.70. The number of hydrogen-bond acceptors (Lipinski definition) is 3. The molecule has 4 heteroatoms. The highest BCUT2D eigenvalue weighted by Gasteiger charge is 2.45. The van der Waals surface area contributed by atoms with E-state index in [0.29, 0.717) is 5.84 Å². The second kappa shape index (κ2) is 7.33. The fourth-order valence-corrected chi connectivity index (χ4v) is 3.17. The zero-order valence-electron chi connectivity index (χ0n) is 17.2. The number of carbonyl (C=O) groups is 1. The normalized spacial score (nSPS) is 16.2. The molecule has 0 aliphatic heterocycles. The molecule has 2 atom stereocenters. The Balaban J connectivity index is 5.65. The van der Waals surface area contributed by atoms with Crippen LogP contribution in [-0.4, -0.2) is 41.2 Å². The van der Waals surface area contributed by atoms with E-state index in [2.05, 4.69) is 58.8 Å². The number of Topliss-reactive ketones (excluding diaryl/α,β-unsaturated/α-hetero) is 1. The topological polar surface area (TPSA) is 56.2 Å². The van der Waals surface area contributed by atoms with E-state index in [1.807, 2.05) is 20.8 Å². The summed E-state index contributed by atoms with van der Waals surface area (Å²) in [4.78, 5) is 15.4. The van der Waals surface area contributed by atoms with E-state index in [0.717, 1.165) is 6.42 Å². The highest BCUT2D eigenvalue weighted by molar-refractivity contribution is 5.89. The van der Waals surface area contributed by atoms with E-state index in [4.69, 9.17) is 5.41 Å². The quantitative estimate of drug-likeness (QED) is 0.571. The molecule has 4 nitrogen and oxygen atoms in total. The summed E-state index contributed by atoms with van der Waals surface area (Å²) in [6.45, 7) is 20.6. The van der Waals surface area contributed by atoms with Crippen molar-refractivity contribution in [3.05, 3.63) is 0 Å². The second-order valence-corrected chi connectivity index (χ2v) is 9.66. The predicted octanol–water partition coefficient (Wildman–Crippen LogP) is 4.09. The van der Waals surface area contributed by atoms with Crippen molar-refractivity contribution in [3.8, 4) is 0 Å². The van der Waals surface area contributed by atoms with Crippen molar-refractivity contribution in [2.45, 2.75) is 93.3 Å². The molecule has 23 heavy (non-hydrogen) atoms. The van der Waals surface area contributed by atoms with Gasteiger partial charge in [-0.3, -0.25) is 15.1 Å². The Hall–Kier alpha value is -0.900. The van der Waals surface area contributed by atoms with Crippen LogP contribution in [0.25, 0.3) is 0 Å². The summed E-state index contributed by atoms with van der Waals surface area (Å²) in [7, 11) is 2.05. The molecule has 0 aromatic heterocycles. The maximum Gasteiger partial charge on any atom is 0.155 e. The van der Waals surface area contributed by atoms with Crippen LogP contribution >= 0.6 is 0 Å².